The summed E-state index contributed by atoms with van der Waals surface area (Å²) in [5.74, 6) is -0.125. The standard InChI is InChI=1S/C32H37N5O3S2/c1-24-7-3-4-8-28(24)35(2)17-14-33-30(38)26-12-10-25(11-13-26)27-23-42-32(34-27)37(31(39)29-9-5-22-41-29)16-6-15-36-18-20-40-21-19-36/h3-5,7-13,22-23H,6,14-21H2,1-2H3,(H,33,38). The van der Waals surface area contributed by atoms with Gasteiger partial charge < -0.3 is 15.0 Å². The first-order chi connectivity index (χ1) is 20.5. The van der Waals surface area contributed by atoms with Crippen molar-refractivity contribution < 1.29 is 14.3 Å². The number of amides is 2. The van der Waals surface area contributed by atoms with E-state index in [-0.39, 0.29) is 11.8 Å². The monoisotopic (exact) mass is 603 g/mol. The Bertz CT molecular complexity index is 1450. The molecule has 8 nitrogen and oxygen atoms in total. The number of hydrogen-bond acceptors (Lipinski definition) is 8. The van der Waals surface area contributed by atoms with Crippen LogP contribution >= 0.6 is 22.7 Å². The lowest BCUT2D eigenvalue weighted by Gasteiger charge is -2.27. The number of hydrogen-bond donors (Lipinski definition) is 1. The molecule has 0 atom stereocenters. The second-order valence-electron chi connectivity index (χ2n) is 10.3. The molecule has 4 aromatic rings. The molecule has 0 unspecified atom stereocenters. The molecule has 3 heterocycles. The number of carbonyl (C=O) groups excluding carboxylic acids is 2. The van der Waals surface area contributed by atoms with Gasteiger partial charge in [-0.25, -0.2) is 4.98 Å². The molecule has 2 amide bonds. The summed E-state index contributed by atoms with van der Waals surface area (Å²) >= 11 is 2.92. The first kappa shape index (κ1) is 29.9. The topological polar surface area (TPSA) is 78.0 Å². The molecule has 42 heavy (non-hydrogen) atoms. The van der Waals surface area contributed by atoms with Gasteiger partial charge in [0.25, 0.3) is 11.8 Å². The maximum absolute atomic E-state index is 13.4. The van der Waals surface area contributed by atoms with Crippen molar-refractivity contribution in [1.29, 1.82) is 0 Å². The van der Waals surface area contributed by atoms with Crippen molar-refractivity contribution in [1.82, 2.24) is 15.2 Å². The van der Waals surface area contributed by atoms with E-state index in [2.05, 4.69) is 34.2 Å². The Balaban J connectivity index is 1.19. The molecule has 1 saturated heterocycles. The molecule has 0 radical (unpaired) electrons. The lowest BCUT2D eigenvalue weighted by Crippen LogP contribution is -2.39. The van der Waals surface area contributed by atoms with Crippen LogP contribution in [0.5, 0.6) is 0 Å². The molecule has 2 aromatic carbocycles. The highest BCUT2D eigenvalue weighted by atomic mass is 32.1. The van der Waals surface area contributed by atoms with Gasteiger partial charge in [-0.05, 0) is 48.6 Å². The summed E-state index contributed by atoms with van der Waals surface area (Å²) in [7, 11) is 2.03. The number of carbonyl (C=O) groups is 2. The molecule has 2 aromatic heterocycles. The second-order valence-corrected chi connectivity index (χ2v) is 12.1. The Morgan fingerprint density at radius 3 is 2.52 bits per heavy atom. The quantitative estimate of drug-likeness (QED) is 0.233. The lowest BCUT2D eigenvalue weighted by molar-refractivity contribution is 0.0376. The first-order valence-corrected chi connectivity index (χ1v) is 16.0. The van der Waals surface area contributed by atoms with Crippen LogP contribution in [0.15, 0.2) is 71.4 Å². The highest BCUT2D eigenvalue weighted by molar-refractivity contribution is 7.14. The zero-order valence-corrected chi connectivity index (χ0v) is 25.8. The van der Waals surface area contributed by atoms with E-state index in [0.29, 0.717) is 35.2 Å². The fraction of sp³-hybridized carbons (Fsp3) is 0.344. The van der Waals surface area contributed by atoms with Gasteiger partial charge >= 0.3 is 0 Å². The Hall–Kier alpha value is -3.57. The van der Waals surface area contributed by atoms with Crippen LogP contribution in [0.25, 0.3) is 11.3 Å². The summed E-state index contributed by atoms with van der Waals surface area (Å²) in [6, 6.07) is 19.5. The first-order valence-electron chi connectivity index (χ1n) is 14.3. The van der Waals surface area contributed by atoms with Crippen LogP contribution in [-0.2, 0) is 4.74 Å². The van der Waals surface area contributed by atoms with Gasteiger partial charge in [-0.1, -0.05) is 36.4 Å². The van der Waals surface area contributed by atoms with Gasteiger partial charge in [-0.3, -0.25) is 19.4 Å². The molecule has 0 bridgehead atoms. The molecular weight excluding hydrogens is 567 g/mol. The molecule has 1 aliphatic rings. The molecule has 0 aliphatic carbocycles. The third-order valence-corrected chi connectivity index (χ3v) is 9.08. The van der Waals surface area contributed by atoms with Crippen molar-refractivity contribution >= 4 is 45.3 Å². The SMILES string of the molecule is Cc1ccccc1N(C)CCNC(=O)c1ccc(-c2csc(N(CCCN3CCOCC3)C(=O)c3cccs3)n2)cc1. The van der Waals surface area contributed by atoms with Crippen molar-refractivity contribution in [3.05, 3.63) is 87.4 Å². The molecule has 0 saturated carbocycles. The third-order valence-electron chi connectivity index (χ3n) is 7.36. The van der Waals surface area contributed by atoms with Gasteiger partial charge in [0.15, 0.2) is 5.13 Å². The van der Waals surface area contributed by atoms with Crippen molar-refractivity contribution in [2.24, 2.45) is 0 Å². The molecule has 220 valence electrons. The number of para-hydroxylation sites is 1. The number of nitrogens with one attached hydrogen (secondary N) is 1. The Kier molecular flexibility index (Phi) is 10.4. The predicted molar refractivity (Wildman–Crippen MR) is 172 cm³/mol. The smallest absolute Gasteiger partial charge is 0.270 e. The molecule has 1 N–H and O–H groups in total. The largest absolute Gasteiger partial charge is 0.379 e. The molecule has 1 fully saturated rings. The number of aryl methyl sites for hydroxylation is 1. The molecule has 10 heteroatoms. The van der Waals surface area contributed by atoms with E-state index in [4.69, 9.17) is 9.72 Å². The number of likely N-dealkylation sites (N-methyl/N-ethyl adjacent to an activating group) is 1. The number of ether oxygens (including phenoxy) is 1. The average molecular weight is 604 g/mol. The Morgan fingerprint density at radius 1 is 1.00 bits per heavy atom. The molecular formula is C32H37N5O3S2. The second kappa shape index (κ2) is 14.6. The summed E-state index contributed by atoms with van der Waals surface area (Å²) in [6.07, 6.45) is 0.858. The van der Waals surface area contributed by atoms with Crippen molar-refractivity contribution in [3.63, 3.8) is 0 Å². The molecule has 1 aliphatic heterocycles. The van der Waals surface area contributed by atoms with Gasteiger partial charge in [-0.2, -0.15) is 0 Å². The van der Waals surface area contributed by atoms with E-state index < -0.39 is 0 Å². The number of aromatic nitrogens is 1. The fourth-order valence-electron chi connectivity index (χ4n) is 4.96. The number of nitrogens with zero attached hydrogens (tertiary/aromatic N) is 4. The summed E-state index contributed by atoms with van der Waals surface area (Å²) in [6.45, 7) is 8.24. The van der Waals surface area contributed by atoms with Crippen LogP contribution in [0, 0.1) is 6.92 Å². The minimum atomic E-state index is -0.105. The van der Waals surface area contributed by atoms with Gasteiger partial charge in [0, 0.05) is 68.5 Å². The van der Waals surface area contributed by atoms with E-state index in [1.165, 1.54) is 28.2 Å². The van der Waals surface area contributed by atoms with E-state index in [9.17, 15) is 9.59 Å². The summed E-state index contributed by atoms with van der Waals surface area (Å²) in [4.78, 5) is 38.1. The Labute approximate surface area is 255 Å². The molecule has 0 spiro atoms. The average Bonchev–Trinajstić information content (AvgIpc) is 3.73. The van der Waals surface area contributed by atoms with Crippen LogP contribution in [0.3, 0.4) is 0 Å². The third kappa shape index (κ3) is 7.63. The van der Waals surface area contributed by atoms with E-state index in [0.717, 1.165) is 56.2 Å². The van der Waals surface area contributed by atoms with Crippen molar-refractivity contribution in [2.45, 2.75) is 13.3 Å². The number of thiophene rings is 1. The number of benzene rings is 2. The number of rotatable bonds is 12. The van der Waals surface area contributed by atoms with Gasteiger partial charge in [-0.15, -0.1) is 22.7 Å². The maximum Gasteiger partial charge on any atom is 0.270 e. The van der Waals surface area contributed by atoms with Gasteiger partial charge in [0.2, 0.25) is 0 Å². The Morgan fingerprint density at radius 2 is 1.79 bits per heavy atom. The van der Waals surface area contributed by atoms with Crippen LogP contribution in [-0.4, -0.2) is 81.2 Å². The predicted octanol–water partition coefficient (Wildman–Crippen LogP) is 5.42. The van der Waals surface area contributed by atoms with Crippen LogP contribution in [0.2, 0.25) is 0 Å². The van der Waals surface area contributed by atoms with Crippen LogP contribution in [0.4, 0.5) is 10.8 Å². The van der Waals surface area contributed by atoms with Crippen LogP contribution < -0.4 is 15.1 Å². The van der Waals surface area contributed by atoms with Gasteiger partial charge in [0.05, 0.1) is 23.8 Å². The van der Waals surface area contributed by atoms with Crippen molar-refractivity contribution in [2.75, 3.05) is 69.3 Å². The number of anilines is 2. The number of thiazole rings is 1. The minimum Gasteiger partial charge on any atom is -0.379 e. The lowest BCUT2D eigenvalue weighted by atomic mass is 10.1. The zero-order valence-electron chi connectivity index (χ0n) is 24.1. The summed E-state index contributed by atoms with van der Waals surface area (Å²) < 4.78 is 5.46. The number of morpholine rings is 1. The van der Waals surface area contributed by atoms with Crippen molar-refractivity contribution in [3.8, 4) is 11.3 Å². The molecule has 5 rings (SSSR count). The van der Waals surface area contributed by atoms with Gasteiger partial charge in [0.1, 0.15) is 0 Å². The maximum atomic E-state index is 13.4. The minimum absolute atomic E-state index is 0.0204. The highest BCUT2D eigenvalue weighted by Gasteiger charge is 2.22. The highest BCUT2D eigenvalue weighted by Crippen LogP contribution is 2.29. The summed E-state index contributed by atoms with van der Waals surface area (Å²) in [5.41, 5.74) is 4.67. The normalized spacial score (nSPS) is 13.6. The zero-order chi connectivity index (χ0) is 29.3. The van der Waals surface area contributed by atoms with E-state index >= 15 is 0 Å². The van der Waals surface area contributed by atoms with Crippen LogP contribution in [0.1, 0.15) is 32.0 Å². The van der Waals surface area contributed by atoms with E-state index in [1.807, 2.05) is 66.3 Å². The summed E-state index contributed by atoms with van der Waals surface area (Å²) in [5, 5.41) is 7.60. The fourth-order valence-corrected chi connectivity index (χ4v) is 6.49. The van der Waals surface area contributed by atoms with E-state index in [1.54, 1.807) is 4.90 Å².